The van der Waals surface area contributed by atoms with Gasteiger partial charge in [0, 0.05) is 17.8 Å². The Morgan fingerprint density at radius 1 is 1.04 bits per heavy atom. The number of hydrogen-bond donors (Lipinski definition) is 0. The normalized spacial score (nSPS) is 12.1. The van der Waals surface area contributed by atoms with Gasteiger partial charge in [0.1, 0.15) is 11.2 Å². The summed E-state index contributed by atoms with van der Waals surface area (Å²) in [6, 6.07) is 10.8. The van der Waals surface area contributed by atoms with E-state index in [1.807, 2.05) is 0 Å². The van der Waals surface area contributed by atoms with Crippen molar-refractivity contribution < 1.29 is 17.6 Å². The number of pyridine rings is 1. The van der Waals surface area contributed by atoms with Crippen LogP contribution in [0.15, 0.2) is 64.1 Å². The van der Waals surface area contributed by atoms with Gasteiger partial charge in [-0.25, -0.2) is 9.78 Å². The predicted molar refractivity (Wildman–Crippen MR) is 81.7 cm³/mol. The van der Waals surface area contributed by atoms with Gasteiger partial charge < -0.3 is 8.82 Å². The number of para-hydroxylation sites is 1. The molecule has 0 aliphatic heterocycles. The van der Waals surface area contributed by atoms with Gasteiger partial charge in [0.15, 0.2) is 0 Å². The third kappa shape index (κ3) is 2.34. The highest BCUT2D eigenvalue weighted by Crippen LogP contribution is 2.30. The van der Waals surface area contributed by atoms with Gasteiger partial charge in [-0.1, -0.05) is 18.2 Å². The zero-order chi connectivity index (χ0) is 16.9. The fraction of sp³-hybridized carbons (Fsp3) is 0.0588. The third-order valence-electron chi connectivity index (χ3n) is 3.70. The molecule has 4 rings (SSSR count). The molecule has 0 N–H and O–H groups in total. The summed E-state index contributed by atoms with van der Waals surface area (Å²) < 4.78 is 44.8. The van der Waals surface area contributed by atoms with E-state index in [2.05, 4.69) is 4.98 Å². The molecule has 7 heteroatoms. The summed E-state index contributed by atoms with van der Waals surface area (Å²) in [6.07, 6.45) is -2.12. The van der Waals surface area contributed by atoms with Crippen molar-refractivity contribution >= 4 is 16.6 Å². The Hall–Kier alpha value is -3.09. The lowest BCUT2D eigenvalue weighted by Gasteiger charge is -2.05. The lowest BCUT2D eigenvalue weighted by molar-refractivity contribution is -0.137. The van der Waals surface area contributed by atoms with Crippen LogP contribution in [0.5, 0.6) is 0 Å². The molecule has 4 nitrogen and oxygen atoms in total. The average Bonchev–Trinajstić information content (AvgIpc) is 2.96. The van der Waals surface area contributed by atoms with Crippen LogP contribution < -0.4 is 5.63 Å². The van der Waals surface area contributed by atoms with Crippen LogP contribution in [0, 0.1) is 0 Å². The Labute approximate surface area is 132 Å². The maximum atomic E-state index is 12.8. The fourth-order valence-corrected chi connectivity index (χ4v) is 2.53. The first-order chi connectivity index (χ1) is 11.4. The van der Waals surface area contributed by atoms with Crippen LogP contribution in [0.3, 0.4) is 0 Å². The van der Waals surface area contributed by atoms with Crippen LogP contribution >= 0.6 is 0 Å². The van der Waals surface area contributed by atoms with Crippen LogP contribution in [0.25, 0.3) is 27.9 Å². The molecule has 0 unspecified atom stereocenters. The largest absolute Gasteiger partial charge is 0.422 e. The Morgan fingerprint density at radius 2 is 1.83 bits per heavy atom. The highest BCUT2D eigenvalue weighted by molar-refractivity contribution is 5.81. The summed E-state index contributed by atoms with van der Waals surface area (Å²) in [5.74, 6) is 0. The number of alkyl halides is 3. The van der Waals surface area contributed by atoms with Crippen molar-refractivity contribution in [1.29, 1.82) is 0 Å². The van der Waals surface area contributed by atoms with Gasteiger partial charge in [-0.3, -0.25) is 0 Å². The van der Waals surface area contributed by atoms with E-state index < -0.39 is 17.4 Å². The molecular formula is C17H9F3N2O2. The minimum atomic E-state index is -4.44. The van der Waals surface area contributed by atoms with Gasteiger partial charge in [-0.05, 0) is 24.3 Å². The second-order valence-electron chi connectivity index (χ2n) is 5.29. The van der Waals surface area contributed by atoms with E-state index in [0.29, 0.717) is 16.6 Å². The molecule has 0 fully saturated rings. The Morgan fingerprint density at radius 3 is 2.62 bits per heavy atom. The van der Waals surface area contributed by atoms with Crippen molar-refractivity contribution in [3.05, 3.63) is 70.8 Å². The van der Waals surface area contributed by atoms with Gasteiger partial charge in [0.25, 0.3) is 0 Å². The molecule has 24 heavy (non-hydrogen) atoms. The van der Waals surface area contributed by atoms with Crippen LogP contribution in [-0.4, -0.2) is 9.38 Å². The number of imidazole rings is 1. The molecule has 0 bridgehead atoms. The minimum absolute atomic E-state index is 0.200. The van der Waals surface area contributed by atoms with Crippen LogP contribution in [0.2, 0.25) is 0 Å². The molecule has 0 aliphatic rings. The maximum absolute atomic E-state index is 12.8. The summed E-state index contributed by atoms with van der Waals surface area (Å²) in [5.41, 5.74) is -0.169. The molecule has 0 radical (unpaired) electrons. The molecule has 0 spiro atoms. The Bertz CT molecular complexity index is 1130. The highest BCUT2D eigenvalue weighted by atomic mass is 19.4. The van der Waals surface area contributed by atoms with E-state index >= 15 is 0 Å². The van der Waals surface area contributed by atoms with Crippen LogP contribution in [0.4, 0.5) is 13.2 Å². The molecule has 0 amide bonds. The standard InChI is InChI=1S/C17H9F3N2O2/c18-17(19,20)11-5-6-15-21-13(9-22(15)8-11)12-7-10-3-1-2-4-14(10)24-16(12)23/h1-9H. The molecule has 0 atom stereocenters. The predicted octanol–water partition coefficient (Wildman–Crippen LogP) is 4.13. The van der Waals surface area contributed by atoms with E-state index in [0.717, 1.165) is 12.3 Å². The van der Waals surface area contributed by atoms with Gasteiger partial charge in [0.2, 0.25) is 0 Å². The molecule has 4 aromatic rings. The number of fused-ring (bicyclic) bond motifs is 2. The monoisotopic (exact) mass is 330 g/mol. The van der Waals surface area contributed by atoms with Crippen molar-refractivity contribution in [2.75, 3.05) is 0 Å². The van der Waals surface area contributed by atoms with E-state index in [9.17, 15) is 18.0 Å². The zero-order valence-corrected chi connectivity index (χ0v) is 12.0. The second-order valence-corrected chi connectivity index (χ2v) is 5.29. The van der Waals surface area contributed by atoms with E-state index in [1.54, 1.807) is 30.3 Å². The van der Waals surface area contributed by atoms with Crippen molar-refractivity contribution in [2.24, 2.45) is 0 Å². The summed E-state index contributed by atoms with van der Waals surface area (Å²) in [7, 11) is 0. The number of nitrogens with zero attached hydrogens (tertiary/aromatic N) is 2. The first-order valence-corrected chi connectivity index (χ1v) is 7.01. The van der Waals surface area contributed by atoms with Gasteiger partial charge >= 0.3 is 11.8 Å². The first kappa shape index (κ1) is 14.5. The minimum Gasteiger partial charge on any atom is -0.422 e. The smallest absolute Gasteiger partial charge is 0.417 e. The zero-order valence-electron chi connectivity index (χ0n) is 12.0. The molecule has 0 saturated heterocycles. The summed E-state index contributed by atoms with van der Waals surface area (Å²) in [5, 5.41) is 0.708. The average molecular weight is 330 g/mol. The molecule has 1 aromatic carbocycles. The highest BCUT2D eigenvalue weighted by Gasteiger charge is 2.31. The summed E-state index contributed by atoms with van der Waals surface area (Å²) in [4.78, 5) is 16.4. The van der Waals surface area contributed by atoms with Gasteiger partial charge in [-0.2, -0.15) is 13.2 Å². The van der Waals surface area contributed by atoms with E-state index in [1.165, 1.54) is 16.7 Å². The quantitative estimate of drug-likeness (QED) is 0.493. The van der Waals surface area contributed by atoms with Gasteiger partial charge in [-0.15, -0.1) is 0 Å². The lowest BCUT2D eigenvalue weighted by Crippen LogP contribution is -2.05. The van der Waals surface area contributed by atoms with Crippen molar-refractivity contribution in [2.45, 2.75) is 6.18 Å². The van der Waals surface area contributed by atoms with E-state index in [-0.39, 0.29) is 11.3 Å². The lowest BCUT2D eigenvalue weighted by atomic mass is 10.1. The topological polar surface area (TPSA) is 47.5 Å². The van der Waals surface area contributed by atoms with Crippen LogP contribution in [0.1, 0.15) is 5.56 Å². The molecule has 0 saturated carbocycles. The molecular weight excluding hydrogens is 321 g/mol. The van der Waals surface area contributed by atoms with E-state index in [4.69, 9.17) is 4.42 Å². The Balaban J connectivity index is 1.90. The molecule has 120 valence electrons. The first-order valence-electron chi connectivity index (χ1n) is 7.01. The SMILES string of the molecule is O=c1oc2ccccc2cc1-c1cn2cc(C(F)(F)F)ccc2n1. The second kappa shape index (κ2) is 4.95. The summed E-state index contributed by atoms with van der Waals surface area (Å²) in [6.45, 7) is 0. The number of benzene rings is 1. The molecule has 0 aliphatic carbocycles. The molecule has 3 heterocycles. The number of hydrogen-bond acceptors (Lipinski definition) is 3. The molecule has 3 aromatic heterocycles. The van der Waals surface area contributed by atoms with Crippen molar-refractivity contribution in [1.82, 2.24) is 9.38 Å². The summed E-state index contributed by atoms with van der Waals surface area (Å²) >= 11 is 0. The van der Waals surface area contributed by atoms with Crippen molar-refractivity contribution in [3.8, 4) is 11.3 Å². The number of halogens is 3. The fourth-order valence-electron chi connectivity index (χ4n) is 2.53. The number of aromatic nitrogens is 2. The Kier molecular flexibility index (Phi) is 2.99. The maximum Gasteiger partial charge on any atom is 0.417 e. The van der Waals surface area contributed by atoms with Gasteiger partial charge in [0.05, 0.1) is 16.8 Å². The van der Waals surface area contributed by atoms with Crippen LogP contribution in [-0.2, 0) is 6.18 Å². The third-order valence-corrected chi connectivity index (χ3v) is 3.70. The number of rotatable bonds is 1. The van der Waals surface area contributed by atoms with Crippen molar-refractivity contribution in [3.63, 3.8) is 0 Å².